The molecule has 0 saturated heterocycles. The molecule has 9 heteroatoms. The number of aryl methyl sites for hydroxylation is 1. The summed E-state index contributed by atoms with van der Waals surface area (Å²) in [7, 11) is -3.69. The highest BCUT2D eigenvalue weighted by Crippen LogP contribution is 2.28. The highest BCUT2D eigenvalue weighted by molar-refractivity contribution is 7.89. The van der Waals surface area contributed by atoms with Gasteiger partial charge in [-0.3, -0.25) is 4.79 Å². The monoisotopic (exact) mass is 448 g/mol. The number of ether oxygens (including phenoxy) is 2. The summed E-state index contributed by atoms with van der Waals surface area (Å²) in [5.41, 5.74) is 7.92. The van der Waals surface area contributed by atoms with E-state index in [9.17, 15) is 18.0 Å². The van der Waals surface area contributed by atoms with Crippen LogP contribution in [0.3, 0.4) is 0 Å². The maximum absolute atomic E-state index is 12.4. The van der Waals surface area contributed by atoms with Crippen molar-refractivity contribution in [2.45, 2.75) is 26.7 Å². The van der Waals surface area contributed by atoms with E-state index in [4.69, 9.17) is 15.2 Å². The van der Waals surface area contributed by atoms with E-state index >= 15 is 0 Å². The van der Waals surface area contributed by atoms with E-state index in [0.717, 1.165) is 29.4 Å². The summed E-state index contributed by atoms with van der Waals surface area (Å²) < 4.78 is 35.4. The molecule has 0 aliphatic rings. The number of benzene rings is 2. The molecule has 0 spiro atoms. The molecular weight excluding hydrogens is 420 g/mol. The molecule has 31 heavy (non-hydrogen) atoms. The standard InChI is InChI=1S/C22H28N2O6S/c1-15(2)14-30-20-13-18(10-11-19(20)21(25)24-31(3,27)28)17-8-6-16(7-9-17)5-4-12-29-22(23)26/h6-11,13,15H,4-5,12,14H2,1-3H3,(H2,23,26)(H,24,25). The zero-order valence-corrected chi connectivity index (χ0v) is 18.7. The van der Waals surface area contributed by atoms with Crippen LogP contribution in [0.1, 0.15) is 36.2 Å². The van der Waals surface area contributed by atoms with Crippen molar-refractivity contribution in [3.63, 3.8) is 0 Å². The third kappa shape index (κ3) is 8.29. The molecular formula is C22H28N2O6S. The Labute approximate surface area is 182 Å². The summed E-state index contributed by atoms with van der Waals surface area (Å²) in [5.74, 6) is -0.186. The van der Waals surface area contributed by atoms with Gasteiger partial charge in [0.1, 0.15) is 5.75 Å². The van der Waals surface area contributed by atoms with Crippen molar-refractivity contribution < 1.29 is 27.5 Å². The molecule has 2 aromatic rings. The van der Waals surface area contributed by atoms with Crippen LogP contribution in [-0.4, -0.2) is 39.9 Å². The van der Waals surface area contributed by atoms with Crippen LogP contribution in [0, 0.1) is 5.92 Å². The quantitative estimate of drug-likeness (QED) is 0.538. The molecule has 2 aromatic carbocycles. The molecule has 2 amide bonds. The number of carbonyl (C=O) groups is 2. The van der Waals surface area contributed by atoms with Crippen molar-refractivity contribution in [2.75, 3.05) is 19.5 Å². The van der Waals surface area contributed by atoms with Crippen molar-refractivity contribution in [3.05, 3.63) is 53.6 Å². The van der Waals surface area contributed by atoms with E-state index in [1.807, 2.05) is 42.8 Å². The van der Waals surface area contributed by atoms with Gasteiger partial charge in [0.2, 0.25) is 10.0 Å². The van der Waals surface area contributed by atoms with Crippen LogP contribution in [0.5, 0.6) is 5.75 Å². The summed E-state index contributed by atoms with van der Waals surface area (Å²) in [4.78, 5) is 23.0. The fraction of sp³-hybridized carbons (Fsp3) is 0.364. The summed E-state index contributed by atoms with van der Waals surface area (Å²) in [5, 5.41) is 0. The Kier molecular flexibility index (Phi) is 8.44. The van der Waals surface area contributed by atoms with Crippen LogP contribution in [0.4, 0.5) is 4.79 Å². The van der Waals surface area contributed by atoms with Crippen molar-refractivity contribution in [1.29, 1.82) is 0 Å². The number of nitrogens with two attached hydrogens (primary N) is 1. The van der Waals surface area contributed by atoms with Crippen molar-refractivity contribution >= 4 is 22.0 Å². The molecule has 0 unspecified atom stereocenters. The topological polar surface area (TPSA) is 125 Å². The highest BCUT2D eigenvalue weighted by atomic mass is 32.2. The van der Waals surface area contributed by atoms with Gasteiger partial charge in [-0.05, 0) is 47.6 Å². The summed E-state index contributed by atoms with van der Waals surface area (Å²) in [6.45, 7) is 4.61. The van der Waals surface area contributed by atoms with Gasteiger partial charge in [0, 0.05) is 0 Å². The summed E-state index contributed by atoms with van der Waals surface area (Å²) >= 11 is 0. The lowest BCUT2D eigenvalue weighted by molar-refractivity contribution is 0.0977. The van der Waals surface area contributed by atoms with E-state index in [-0.39, 0.29) is 18.1 Å². The minimum Gasteiger partial charge on any atom is -0.492 e. The first-order chi connectivity index (χ1) is 14.5. The van der Waals surface area contributed by atoms with Crippen molar-refractivity contribution in [2.24, 2.45) is 11.7 Å². The van der Waals surface area contributed by atoms with E-state index in [1.165, 1.54) is 0 Å². The van der Waals surface area contributed by atoms with Crippen LogP contribution >= 0.6 is 0 Å². The van der Waals surface area contributed by atoms with Crippen molar-refractivity contribution in [3.8, 4) is 16.9 Å². The van der Waals surface area contributed by atoms with Gasteiger partial charge in [-0.25, -0.2) is 17.9 Å². The van der Waals surface area contributed by atoms with Gasteiger partial charge >= 0.3 is 6.09 Å². The largest absolute Gasteiger partial charge is 0.492 e. The molecule has 0 bridgehead atoms. The Bertz CT molecular complexity index is 1020. The van der Waals surface area contributed by atoms with Crippen LogP contribution < -0.4 is 15.2 Å². The lowest BCUT2D eigenvalue weighted by Crippen LogP contribution is -2.29. The van der Waals surface area contributed by atoms with E-state index in [0.29, 0.717) is 18.8 Å². The summed E-state index contributed by atoms with van der Waals surface area (Å²) in [6, 6.07) is 12.9. The molecule has 0 heterocycles. The Morgan fingerprint density at radius 1 is 1.06 bits per heavy atom. The van der Waals surface area contributed by atoms with Crippen LogP contribution in [0.15, 0.2) is 42.5 Å². The van der Waals surface area contributed by atoms with Gasteiger partial charge in [-0.2, -0.15) is 0 Å². The zero-order valence-electron chi connectivity index (χ0n) is 17.9. The van der Waals surface area contributed by atoms with Gasteiger partial charge in [-0.1, -0.05) is 44.2 Å². The van der Waals surface area contributed by atoms with Crippen LogP contribution in [-0.2, 0) is 21.2 Å². The van der Waals surface area contributed by atoms with E-state index in [2.05, 4.69) is 0 Å². The smallest absolute Gasteiger partial charge is 0.404 e. The van der Waals surface area contributed by atoms with Gasteiger partial charge in [0.15, 0.2) is 0 Å². The molecule has 0 aromatic heterocycles. The zero-order chi connectivity index (χ0) is 23.0. The Balaban J connectivity index is 2.21. The van der Waals surface area contributed by atoms with E-state index < -0.39 is 22.0 Å². The Hall–Kier alpha value is -3.07. The number of nitrogens with one attached hydrogen (secondary N) is 1. The van der Waals surface area contributed by atoms with E-state index in [1.54, 1.807) is 18.2 Å². The second-order valence-electron chi connectivity index (χ2n) is 7.59. The number of amides is 2. The second kappa shape index (κ2) is 10.8. The van der Waals surface area contributed by atoms with Crippen LogP contribution in [0.25, 0.3) is 11.1 Å². The first-order valence-corrected chi connectivity index (χ1v) is 11.7. The SMILES string of the molecule is CC(C)COc1cc(-c2ccc(CCCOC(N)=O)cc2)ccc1C(=O)NS(C)(=O)=O. The maximum atomic E-state index is 12.4. The number of primary amides is 1. The average Bonchev–Trinajstić information content (AvgIpc) is 2.68. The maximum Gasteiger partial charge on any atom is 0.404 e. The molecule has 0 radical (unpaired) electrons. The fourth-order valence-corrected chi connectivity index (χ4v) is 3.25. The average molecular weight is 449 g/mol. The number of hydrogen-bond acceptors (Lipinski definition) is 6. The molecule has 8 nitrogen and oxygen atoms in total. The first-order valence-electron chi connectivity index (χ1n) is 9.85. The lowest BCUT2D eigenvalue weighted by atomic mass is 10.0. The highest BCUT2D eigenvalue weighted by Gasteiger charge is 2.17. The number of carbonyl (C=O) groups excluding carboxylic acids is 2. The molecule has 0 aliphatic heterocycles. The molecule has 0 atom stereocenters. The van der Waals surface area contributed by atoms with Gasteiger partial charge in [0.05, 0.1) is 25.0 Å². The molecule has 0 aliphatic carbocycles. The lowest BCUT2D eigenvalue weighted by Gasteiger charge is -2.15. The number of rotatable bonds is 10. The number of hydrogen-bond donors (Lipinski definition) is 2. The third-order valence-electron chi connectivity index (χ3n) is 4.22. The minimum absolute atomic E-state index is 0.154. The molecule has 168 valence electrons. The molecule has 2 rings (SSSR count). The fourth-order valence-electron chi connectivity index (χ4n) is 2.80. The van der Waals surface area contributed by atoms with Gasteiger partial charge in [0.25, 0.3) is 5.91 Å². The molecule has 3 N–H and O–H groups in total. The molecule has 0 fully saturated rings. The van der Waals surface area contributed by atoms with Gasteiger partial charge in [-0.15, -0.1) is 0 Å². The Morgan fingerprint density at radius 2 is 1.71 bits per heavy atom. The predicted octanol–water partition coefficient (Wildman–Crippen LogP) is 3.11. The number of sulfonamides is 1. The first kappa shape index (κ1) is 24.2. The normalized spacial score (nSPS) is 11.2. The van der Waals surface area contributed by atoms with Crippen LogP contribution in [0.2, 0.25) is 0 Å². The van der Waals surface area contributed by atoms with Gasteiger partial charge < -0.3 is 15.2 Å². The second-order valence-corrected chi connectivity index (χ2v) is 9.34. The Morgan fingerprint density at radius 3 is 2.29 bits per heavy atom. The minimum atomic E-state index is -3.69. The third-order valence-corrected chi connectivity index (χ3v) is 4.77. The predicted molar refractivity (Wildman–Crippen MR) is 118 cm³/mol. The summed E-state index contributed by atoms with van der Waals surface area (Å²) in [6.07, 6.45) is 1.55. The molecule has 0 saturated carbocycles. The van der Waals surface area contributed by atoms with Crippen molar-refractivity contribution in [1.82, 2.24) is 4.72 Å².